The Hall–Kier alpha value is -3.39. The molecule has 0 amide bonds. The van der Waals surface area contributed by atoms with Crippen LogP contribution in [0.25, 0.3) is 6.08 Å². The summed E-state index contributed by atoms with van der Waals surface area (Å²) < 4.78 is 5.29. The number of rotatable bonds is 7. The molecule has 120 valence electrons. The van der Waals surface area contributed by atoms with E-state index in [4.69, 9.17) is 15.1 Å². The summed E-state index contributed by atoms with van der Waals surface area (Å²) in [5, 5.41) is 17.3. The van der Waals surface area contributed by atoms with Crippen LogP contribution in [0.5, 0.6) is 5.75 Å². The number of allylic oxidation sites excluding steroid dienone is 1. The predicted molar refractivity (Wildman–Crippen MR) is 88.7 cm³/mol. The van der Waals surface area contributed by atoms with Crippen molar-refractivity contribution in [1.29, 1.82) is 5.26 Å². The lowest BCUT2D eigenvalue weighted by Gasteiger charge is -2.04. The lowest BCUT2D eigenvalue weighted by atomic mass is 10.1. The monoisotopic (exact) mass is 321 g/mol. The Balaban J connectivity index is 1.94. The highest BCUT2D eigenvalue weighted by Crippen LogP contribution is 2.14. The lowest BCUT2D eigenvalue weighted by molar-refractivity contribution is -0.137. The normalized spacial score (nSPS) is 10.3. The number of carboxylic acid groups (broad SMARTS) is 1. The number of carboxylic acids is 1. The second-order valence-electron chi connectivity index (χ2n) is 4.95. The molecule has 0 unspecified atom stereocenters. The van der Waals surface area contributed by atoms with Crippen molar-refractivity contribution in [3.63, 3.8) is 0 Å². The van der Waals surface area contributed by atoms with Gasteiger partial charge in [-0.2, -0.15) is 5.26 Å². The Morgan fingerprint density at radius 2 is 1.75 bits per heavy atom. The number of benzene rings is 2. The first kappa shape index (κ1) is 17.0. The van der Waals surface area contributed by atoms with Crippen molar-refractivity contribution in [2.24, 2.45) is 0 Å². The average molecular weight is 321 g/mol. The van der Waals surface area contributed by atoms with Gasteiger partial charge in [0.05, 0.1) is 24.7 Å². The topological polar surface area (TPSA) is 87.4 Å². The van der Waals surface area contributed by atoms with Crippen LogP contribution in [0.15, 0.2) is 54.6 Å². The van der Waals surface area contributed by atoms with Gasteiger partial charge in [0.1, 0.15) is 5.75 Å². The summed E-state index contributed by atoms with van der Waals surface area (Å²) in [6.07, 6.45) is 3.09. The Morgan fingerprint density at radius 3 is 2.33 bits per heavy atom. The van der Waals surface area contributed by atoms with Crippen LogP contribution in [-0.4, -0.2) is 23.5 Å². The van der Waals surface area contributed by atoms with Gasteiger partial charge in [0.25, 0.3) is 0 Å². The van der Waals surface area contributed by atoms with Gasteiger partial charge in [-0.25, -0.2) is 0 Å². The van der Waals surface area contributed by atoms with E-state index in [1.165, 1.54) is 6.08 Å². The number of hydrogen-bond donors (Lipinski definition) is 1. The van der Waals surface area contributed by atoms with Crippen LogP contribution in [0.4, 0.5) is 0 Å². The van der Waals surface area contributed by atoms with Crippen LogP contribution in [-0.2, 0) is 4.79 Å². The Labute approximate surface area is 139 Å². The second-order valence-corrected chi connectivity index (χ2v) is 4.95. The molecule has 0 radical (unpaired) electrons. The number of ether oxygens (including phenoxy) is 1. The zero-order valence-electron chi connectivity index (χ0n) is 12.8. The van der Waals surface area contributed by atoms with E-state index in [9.17, 15) is 9.59 Å². The number of carbonyl (C=O) groups excluding carboxylic acids is 1. The van der Waals surface area contributed by atoms with Gasteiger partial charge in [-0.3, -0.25) is 9.59 Å². The average Bonchev–Trinajstić information content (AvgIpc) is 2.60. The fourth-order valence-electron chi connectivity index (χ4n) is 1.91. The van der Waals surface area contributed by atoms with E-state index in [0.29, 0.717) is 16.9 Å². The maximum Gasteiger partial charge on any atom is 0.306 e. The van der Waals surface area contributed by atoms with E-state index in [1.54, 1.807) is 54.6 Å². The number of ketones is 1. The van der Waals surface area contributed by atoms with Crippen LogP contribution in [0.1, 0.15) is 27.9 Å². The van der Waals surface area contributed by atoms with E-state index in [2.05, 4.69) is 0 Å². The Bertz CT molecular complexity index is 784. The molecular weight excluding hydrogens is 306 g/mol. The first-order valence-electron chi connectivity index (χ1n) is 7.26. The fourth-order valence-corrected chi connectivity index (χ4v) is 1.91. The molecule has 5 heteroatoms. The number of aliphatic carboxylic acids is 1. The molecule has 2 aromatic rings. The zero-order valence-corrected chi connectivity index (χ0v) is 12.8. The summed E-state index contributed by atoms with van der Waals surface area (Å²) in [4.78, 5) is 22.4. The van der Waals surface area contributed by atoms with E-state index in [-0.39, 0.29) is 18.8 Å². The van der Waals surface area contributed by atoms with Crippen molar-refractivity contribution in [2.75, 3.05) is 6.61 Å². The molecule has 0 saturated heterocycles. The van der Waals surface area contributed by atoms with Crippen molar-refractivity contribution in [2.45, 2.75) is 6.42 Å². The number of hydrogen-bond acceptors (Lipinski definition) is 4. The van der Waals surface area contributed by atoms with Crippen molar-refractivity contribution in [3.8, 4) is 11.8 Å². The Morgan fingerprint density at radius 1 is 1.08 bits per heavy atom. The third-order valence-electron chi connectivity index (χ3n) is 3.19. The van der Waals surface area contributed by atoms with Gasteiger partial charge in [-0.1, -0.05) is 18.2 Å². The van der Waals surface area contributed by atoms with Crippen LogP contribution in [0.3, 0.4) is 0 Å². The van der Waals surface area contributed by atoms with E-state index >= 15 is 0 Å². The number of nitriles is 1. The molecule has 0 aliphatic carbocycles. The smallest absolute Gasteiger partial charge is 0.306 e. The van der Waals surface area contributed by atoms with Crippen molar-refractivity contribution in [3.05, 3.63) is 71.3 Å². The van der Waals surface area contributed by atoms with Crippen molar-refractivity contribution < 1.29 is 19.4 Å². The highest BCUT2D eigenvalue weighted by molar-refractivity contribution is 6.06. The molecule has 5 nitrogen and oxygen atoms in total. The largest absolute Gasteiger partial charge is 0.493 e. The minimum atomic E-state index is -0.907. The molecule has 1 N–H and O–H groups in total. The molecule has 0 aliphatic heterocycles. The van der Waals surface area contributed by atoms with Crippen LogP contribution in [0.2, 0.25) is 0 Å². The van der Waals surface area contributed by atoms with Crippen LogP contribution >= 0.6 is 0 Å². The number of nitrogens with zero attached hydrogens (tertiary/aromatic N) is 1. The minimum absolute atomic E-state index is 0.0548. The predicted octanol–water partition coefficient (Wildman–Crippen LogP) is 3.31. The molecule has 0 aromatic heterocycles. The van der Waals surface area contributed by atoms with Gasteiger partial charge in [-0.05, 0) is 48.0 Å². The minimum Gasteiger partial charge on any atom is -0.493 e. The maximum absolute atomic E-state index is 12.0. The molecule has 0 heterocycles. The van der Waals surface area contributed by atoms with E-state index in [0.717, 1.165) is 5.56 Å². The molecule has 2 aromatic carbocycles. The zero-order chi connectivity index (χ0) is 17.4. The molecule has 0 fully saturated rings. The van der Waals surface area contributed by atoms with Gasteiger partial charge in [0.2, 0.25) is 0 Å². The third-order valence-corrected chi connectivity index (χ3v) is 3.19. The highest BCUT2D eigenvalue weighted by atomic mass is 16.5. The quantitative estimate of drug-likeness (QED) is 0.624. The van der Waals surface area contributed by atoms with Gasteiger partial charge in [0.15, 0.2) is 5.78 Å². The molecule has 0 atom stereocenters. The van der Waals surface area contributed by atoms with Gasteiger partial charge in [-0.15, -0.1) is 0 Å². The first-order valence-corrected chi connectivity index (χ1v) is 7.26. The molecule has 0 saturated carbocycles. The molecule has 24 heavy (non-hydrogen) atoms. The molecule has 2 rings (SSSR count). The summed E-state index contributed by atoms with van der Waals surface area (Å²) in [5.41, 5.74) is 1.84. The second kappa shape index (κ2) is 8.30. The molecule has 0 aliphatic rings. The van der Waals surface area contributed by atoms with Crippen molar-refractivity contribution in [1.82, 2.24) is 0 Å². The first-order chi connectivity index (χ1) is 11.6. The summed E-state index contributed by atoms with van der Waals surface area (Å²) in [6.45, 7) is 0.113. The molecular formula is C19H15NO4. The SMILES string of the molecule is N#Cc1ccc(C(=O)/C=C\c2ccc(OCCC(=O)O)cc2)cc1. The lowest BCUT2D eigenvalue weighted by Crippen LogP contribution is -2.04. The summed E-state index contributed by atoms with van der Waals surface area (Å²) in [6, 6.07) is 15.4. The summed E-state index contributed by atoms with van der Waals surface area (Å²) >= 11 is 0. The number of carbonyl (C=O) groups is 2. The van der Waals surface area contributed by atoms with Crippen LogP contribution in [0, 0.1) is 11.3 Å². The van der Waals surface area contributed by atoms with Crippen LogP contribution < -0.4 is 4.74 Å². The van der Waals surface area contributed by atoms with E-state index in [1.807, 2.05) is 6.07 Å². The van der Waals surface area contributed by atoms with Gasteiger partial charge < -0.3 is 9.84 Å². The van der Waals surface area contributed by atoms with Crippen molar-refractivity contribution >= 4 is 17.8 Å². The van der Waals surface area contributed by atoms with Gasteiger partial charge in [0, 0.05) is 5.56 Å². The maximum atomic E-state index is 12.0. The molecule has 0 bridgehead atoms. The highest BCUT2D eigenvalue weighted by Gasteiger charge is 2.02. The third kappa shape index (κ3) is 5.11. The summed E-state index contributed by atoms with van der Waals surface area (Å²) in [5.74, 6) is -0.482. The fraction of sp³-hybridized carbons (Fsp3) is 0.105. The summed E-state index contributed by atoms with van der Waals surface area (Å²) in [7, 11) is 0. The van der Waals surface area contributed by atoms with E-state index < -0.39 is 5.97 Å². The van der Waals surface area contributed by atoms with Gasteiger partial charge >= 0.3 is 5.97 Å². The molecule has 0 spiro atoms. The standard InChI is InChI=1S/C19H15NO4/c20-13-15-1-6-16(7-2-15)18(21)10-5-14-3-8-17(9-4-14)24-12-11-19(22)23/h1-10H,11-12H2,(H,22,23)/b10-5-. The Kier molecular flexibility index (Phi) is 5.87.